The van der Waals surface area contributed by atoms with Crippen LogP contribution in [-0.4, -0.2) is 6.54 Å². The van der Waals surface area contributed by atoms with E-state index in [2.05, 4.69) is 12.2 Å². The quantitative estimate of drug-likeness (QED) is 0.713. The van der Waals surface area contributed by atoms with Crippen LogP contribution in [0.5, 0.6) is 0 Å². The van der Waals surface area contributed by atoms with Gasteiger partial charge in [-0.25, -0.2) is 8.78 Å². The zero-order valence-corrected chi connectivity index (χ0v) is 13.0. The highest BCUT2D eigenvalue weighted by molar-refractivity contribution is 5.21. The van der Waals surface area contributed by atoms with Crippen LogP contribution in [0.3, 0.4) is 0 Å². The Hall–Kier alpha value is -0.960. The van der Waals surface area contributed by atoms with Gasteiger partial charge in [0, 0.05) is 12.1 Å². The Balaban J connectivity index is 1.98. The molecule has 1 aromatic rings. The lowest BCUT2D eigenvalue weighted by molar-refractivity contribution is 0.314. The molecule has 1 aliphatic carbocycles. The van der Waals surface area contributed by atoms with Crippen LogP contribution in [0.1, 0.15) is 69.9 Å². The van der Waals surface area contributed by atoms with Gasteiger partial charge in [0.05, 0.1) is 0 Å². The van der Waals surface area contributed by atoms with Gasteiger partial charge in [0.1, 0.15) is 11.6 Å². The first-order valence-corrected chi connectivity index (χ1v) is 8.38. The van der Waals surface area contributed by atoms with Crippen molar-refractivity contribution in [1.29, 1.82) is 0 Å². The van der Waals surface area contributed by atoms with E-state index in [1.807, 2.05) is 0 Å². The Bertz CT molecular complexity index is 407. The molecule has 3 heteroatoms. The number of benzene rings is 1. The van der Waals surface area contributed by atoms with Gasteiger partial charge in [-0.3, -0.25) is 0 Å². The Kier molecular flexibility index (Phi) is 6.62. The Morgan fingerprint density at radius 1 is 1.10 bits per heavy atom. The van der Waals surface area contributed by atoms with Gasteiger partial charge in [-0.1, -0.05) is 39.0 Å². The predicted molar refractivity (Wildman–Crippen MR) is 83.2 cm³/mol. The van der Waals surface area contributed by atoms with Crippen molar-refractivity contribution in [2.75, 3.05) is 6.54 Å². The highest BCUT2D eigenvalue weighted by Gasteiger charge is 2.18. The second kappa shape index (κ2) is 8.47. The fraction of sp³-hybridized carbons (Fsp3) is 0.667. The molecule has 0 amide bonds. The molecule has 1 saturated carbocycles. The summed E-state index contributed by atoms with van der Waals surface area (Å²) in [6.45, 7) is 2.99. The van der Waals surface area contributed by atoms with Gasteiger partial charge in [-0.2, -0.15) is 0 Å². The van der Waals surface area contributed by atoms with E-state index in [0.717, 1.165) is 43.4 Å². The average molecular weight is 295 g/mol. The van der Waals surface area contributed by atoms with E-state index in [4.69, 9.17) is 0 Å². The largest absolute Gasteiger partial charge is 0.310 e. The number of halogens is 2. The fourth-order valence-electron chi connectivity index (χ4n) is 3.36. The van der Waals surface area contributed by atoms with Gasteiger partial charge in [-0.05, 0) is 49.4 Å². The summed E-state index contributed by atoms with van der Waals surface area (Å²) in [5.41, 5.74) is 0.747. The van der Waals surface area contributed by atoms with Gasteiger partial charge in [0.2, 0.25) is 0 Å². The van der Waals surface area contributed by atoms with Crippen molar-refractivity contribution < 1.29 is 8.78 Å². The highest BCUT2D eigenvalue weighted by Crippen LogP contribution is 2.30. The maximum atomic E-state index is 13.4. The average Bonchev–Trinajstić information content (AvgIpc) is 2.47. The van der Waals surface area contributed by atoms with Crippen LogP contribution in [0.2, 0.25) is 0 Å². The minimum absolute atomic E-state index is 0.0667. The van der Waals surface area contributed by atoms with Crippen LogP contribution < -0.4 is 5.32 Å². The number of nitrogens with one attached hydrogen (secondary N) is 1. The summed E-state index contributed by atoms with van der Waals surface area (Å²) in [7, 11) is 0. The van der Waals surface area contributed by atoms with E-state index in [0.29, 0.717) is 0 Å². The normalized spacial score (nSPS) is 17.9. The van der Waals surface area contributed by atoms with Crippen LogP contribution in [0.15, 0.2) is 18.2 Å². The minimum Gasteiger partial charge on any atom is -0.310 e. The van der Waals surface area contributed by atoms with Crippen molar-refractivity contribution in [2.24, 2.45) is 5.92 Å². The molecule has 1 N–H and O–H groups in total. The topological polar surface area (TPSA) is 12.0 Å². The third kappa shape index (κ3) is 5.39. The lowest BCUT2D eigenvalue weighted by Gasteiger charge is -2.25. The Labute approximate surface area is 127 Å². The molecular formula is C18H27F2N. The lowest BCUT2D eigenvalue weighted by Crippen LogP contribution is -2.23. The van der Waals surface area contributed by atoms with Crippen LogP contribution in [-0.2, 0) is 0 Å². The molecule has 0 bridgehead atoms. The van der Waals surface area contributed by atoms with E-state index < -0.39 is 11.6 Å². The van der Waals surface area contributed by atoms with Crippen molar-refractivity contribution in [1.82, 2.24) is 5.32 Å². The fourth-order valence-corrected chi connectivity index (χ4v) is 3.36. The molecule has 0 radical (unpaired) electrons. The monoisotopic (exact) mass is 295 g/mol. The molecule has 0 aromatic heterocycles. The van der Waals surface area contributed by atoms with Crippen molar-refractivity contribution in [3.05, 3.63) is 35.4 Å². The molecule has 1 unspecified atom stereocenters. The molecular weight excluding hydrogens is 268 g/mol. The summed E-state index contributed by atoms with van der Waals surface area (Å²) in [6.07, 6.45) is 9.82. The molecule has 1 aromatic carbocycles. The zero-order valence-electron chi connectivity index (χ0n) is 13.0. The van der Waals surface area contributed by atoms with E-state index >= 15 is 0 Å². The molecule has 0 heterocycles. The molecule has 1 fully saturated rings. The minimum atomic E-state index is -0.481. The summed E-state index contributed by atoms with van der Waals surface area (Å²) >= 11 is 0. The molecule has 0 saturated heterocycles. The van der Waals surface area contributed by atoms with Crippen LogP contribution >= 0.6 is 0 Å². The third-order valence-electron chi connectivity index (χ3n) is 4.52. The van der Waals surface area contributed by atoms with Gasteiger partial charge >= 0.3 is 0 Å². The second-order valence-electron chi connectivity index (χ2n) is 6.29. The van der Waals surface area contributed by atoms with Crippen molar-refractivity contribution in [2.45, 2.75) is 64.3 Å². The molecule has 2 rings (SSSR count). The molecule has 21 heavy (non-hydrogen) atoms. The molecule has 0 aliphatic heterocycles. The smallest absolute Gasteiger partial charge is 0.126 e. The van der Waals surface area contributed by atoms with E-state index in [1.165, 1.54) is 44.2 Å². The van der Waals surface area contributed by atoms with Gasteiger partial charge in [-0.15, -0.1) is 0 Å². The molecule has 1 atom stereocenters. The summed E-state index contributed by atoms with van der Waals surface area (Å²) in [5, 5.41) is 3.45. The number of rotatable bonds is 7. The van der Waals surface area contributed by atoms with Crippen LogP contribution in [0.25, 0.3) is 0 Å². The van der Waals surface area contributed by atoms with E-state index in [-0.39, 0.29) is 6.04 Å². The second-order valence-corrected chi connectivity index (χ2v) is 6.29. The summed E-state index contributed by atoms with van der Waals surface area (Å²) in [4.78, 5) is 0. The summed E-state index contributed by atoms with van der Waals surface area (Å²) in [5.74, 6) is -0.167. The Morgan fingerprint density at radius 3 is 2.38 bits per heavy atom. The Morgan fingerprint density at radius 2 is 1.76 bits per heavy atom. The summed E-state index contributed by atoms with van der Waals surface area (Å²) in [6, 6.07) is 3.95. The lowest BCUT2D eigenvalue weighted by atomic mass is 9.84. The SMILES string of the molecule is CCCNC(CCC1CCCCC1)c1cc(F)cc(F)c1. The highest BCUT2D eigenvalue weighted by atomic mass is 19.1. The standard InChI is InChI=1S/C18H27F2N/c1-2-10-21-18(9-8-14-6-4-3-5-7-14)15-11-16(19)13-17(20)12-15/h11-14,18,21H,2-10H2,1H3. The van der Waals surface area contributed by atoms with Crippen LogP contribution in [0, 0.1) is 17.6 Å². The molecule has 1 nitrogen and oxygen atoms in total. The first kappa shape index (κ1) is 16.4. The van der Waals surface area contributed by atoms with E-state index in [9.17, 15) is 8.78 Å². The zero-order chi connectivity index (χ0) is 15.1. The number of hydrogen-bond donors (Lipinski definition) is 1. The molecule has 0 spiro atoms. The first-order valence-electron chi connectivity index (χ1n) is 8.38. The van der Waals surface area contributed by atoms with Crippen molar-refractivity contribution >= 4 is 0 Å². The predicted octanol–water partition coefficient (Wildman–Crippen LogP) is 5.37. The third-order valence-corrected chi connectivity index (χ3v) is 4.52. The molecule has 118 valence electrons. The van der Waals surface area contributed by atoms with Crippen molar-refractivity contribution in [3.8, 4) is 0 Å². The maximum absolute atomic E-state index is 13.4. The van der Waals surface area contributed by atoms with Crippen LogP contribution in [0.4, 0.5) is 8.78 Å². The summed E-state index contributed by atoms with van der Waals surface area (Å²) < 4.78 is 26.9. The molecule has 1 aliphatic rings. The maximum Gasteiger partial charge on any atom is 0.126 e. The first-order chi connectivity index (χ1) is 10.2. The van der Waals surface area contributed by atoms with Crippen molar-refractivity contribution in [3.63, 3.8) is 0 Å². The van der Waals surface area contributed by atoms with Gasteiger partial charge < -0.3 is 5.32 Å². The van der Waals surface area contributed by atoms with E-state index in [1.54, 1.807) is 0 Å². The number of hydrogen-bond acceptors (Lipinski definition) is 1. The van der Waals surface area contributed by atoms with Gasteiger partial charge in [0.25, 0.3) is 0 Å². The van der Waals surface area contributed by atoms with Gasteiger partial charge in [0.15, 0.2) is 0 Å².